The van der Waals surface area contributed by atoms with Crippen LogP contribution in [0, 0.1) is 5.82 Å². The normalized spacial score (nSPS) is 11.0. The lowest BCUT2D eigenvalue weighted by molar-refractivity contribution is 0.0978. The standard InChI is InChI=1S/C15H14FNO4S/c1-21-12-6-3-10(4-7-12)11-5-8-13(14(16)9-11)15(18)17-22(2,19)20/h3-9H,1-2H3,(H,17,18). The molecule has 5 nitrogen and oxygen atoms in total. The minimum Gasteiger partial charge on any atom is -0.497 e. The Morgan fingerprint density at radius 3 is 2.18 bits per heavy atom. The molecule has 1 N–H and O–H groups in total. The minimum atomic E-state index is -3.74. The molecule has 0 aliphatic heterocycles. The highest BCUT2D eigenvalue weighted by atomic mass is 32.2. The SMILES string of the molecule is COc1ccc(-c2ccc(C(=O)NS(C)(=O)=O)c(F)c2)cc1. The largest absolute Gasteiger partial charge is 0.497 e. The van der Waals surface area contributed by atoms with E-state index in [0.717, 1.165) is 11.8 Å². The van der Waals surface area contributed by atoms with Gasteiger partial charge in [-0.2, -0.15) is 0 Å². The van der Waals surface area contributed by atoms with Gasteiger partial charge in [0.2, 0.25) is 10.0 Å². The molecular weight excluding hydrogens is 309 g/mol. The highest BCUT2D eigenvalue weighted by Crippen LogP contribution is 2.24. The molecule has 0 fully saturated rings. The van der Waals surface area contributed by atoms with Crippen molar-refractivity contribution in [3.05, 3.63) is 53.8 Å². The van der Waals surface area contributed by atoms with Crippen LogP contribution in [0.4, 0.5) is 4.39 Å². The van der Waals surface area contributed by atoms with Gasteiger partial charge in [-0.15, -0.1) is 0 Å². The number of sulfonamides is 1. The van der Waals surface area contributed by atoms with Crippen molar-refractivity contribution in [1.82, 2.24) is 4.72 Å². The van der Waals surface area contributed by atoms with E-state index in [1.807, 2.05) is 0 Å². The van der Waals surface area contributed by atoms with Gasteiger partial charge in [-0.25, -0.2) is 17.5 Å². The Hall–Kier alpha value is -2.41. The Kier molecular flexibility index (Phi) is 4.46. The highest BCUT2D eigenvalue weighted by molar-refractivity contribution is 7.89. The first kappa shape index (κ1) is 16.0. The van der Waals surface area contributed by atoms with Gasteiger partial charge in [-0.3, -0.25) is 4.79 Å². The first-order valence-electron chi connectivity index (χ1n) is 6.26. The number of benzene rings is 2. The summed E-state index contributed by atoms with van der Waals surface area (Å²) < 4.78 is 42.8. The number of amides is 1. The number of carbonyl (C=O) groups is 1. The van der Waals surface area contributed by atoms with Crippen LogP contribution in [0.3, 0.4) is 0 Å². The number of hydrogen-bond donors (Lipinski definition) is 1. The Morgan fingerprint density at radius 2 is 1.68 bits per heavy atom. The molecule has 0 saturated heterocycles. The summed E-state index contributed by atoms with van der Waals surface area (Å²) in [5.41, 5.74) is 0.980. The van der Waals surface area contributed by atoms with Crippen molar-refractivity contribution in [2.75, 3.05) is 13.4 Å². The van der Waals surface area contributed by atoms with E-state index in [0.29, 0.717) is 11.3 Å². The topological polar surface area (TPSA) is 72.5 Å². The predicted octanol–water partition coefficient (Wildman–Crippen LogP) is 2.19. The Bertz CT molecular complexity index is 801. The fraction of sp³-hybridized carbons (Fsp3) is 0.133. The van der Waals surface area contributed by atoms with E-state index in [9.17, 15) is 17.6 Å². The maximum Gasteiger partial charge on any atom is 0.267 e. The molecule has 0 saturated carbocycles. The molecule has 0 bridgehead atoms. The quantitative estimate of drug-likeness (QED) is 0.936. The molecule has 7 heteroatoms. The Morgan fingerprint density at radius 1 is 1.09 bits per heavy atom. The molecule has 0 aromatic heterocycles. The maximum atomic E-state index is 14.0. The van der Waals surface area contributed by atoms with Gasteiger partial charge in [0, 0.05) is 0 Å². The molecule has 116 valence electrons. The van der Waals surface area contributed by atoms with Gasteiger partial charge in [0.15, 0.2) is 0 Å². The zero-order valence-electron chi connectivity index (χ0n) is 12.0. The molecule has 1 amide bonds. The van der Waals surface area contributed by atoms with Crippen LogP contribution in [0.15, 0.2) is 42.5 Å². The first-order valence-corrected chi connectivity index (χ1v) is 8.15. The van der Waals surface area contributed by atoms with E-state index in [2.05, 4.69) is 0 Å². The van der Waals surface area contributed by atoms with E-state index >= 15 is 0 Å². The average molecular weight is 323 g/mol. The first-order chi connectivity index (χ1) is 10.3. The van der Waals surface area contributed by atoms with Gasteiger partial charge in [-0.05, 0) is 35.4 Å². The molecule has 0 heterocycles. The zero-order valence-corrected chi connectivity index (χ0v) is 12.8. The third kappa shape index (κ3) is 3.82. The van der Waals surface area contributed by atoms with Crippen molar-refractivity contribution in [3.8, 4) is 16.9 Å². The molecule has 0 aliphatic rings. The average Bonchev–Trinajstić information content (AvgIpc) is 2.45. The van der Waals surface area contributed by atoms with Crippen LogP contribution in [0.2, 0.25) is 0 Å². The third-order valence-electron chi connectivity index (χ3n) is 2.92. The molecular formula is C15H14FNO4S. The van der Waals surface area contributed by atoms with Crippen LogP contribution in [0.25, 0.3) is 11.1 Å². The van der Waals surface area contributed by atoms with Crippen molar-refractivity contribution in [2.45, 2.75) is 0 Å². The molecule has 0 radical (unpaired) electrons. The van der Waals surface area contributed by atoms with Gasteiger partial charge in [0.05, 0.1) is 18.9 Å². The summed E-state index contributed by atoms with van der Waals surface area (Å²) in [6.45, 7) is 0. The number of methoxy groups -OCH3 is 1. The summed E-state index contributed by atoms with van der Waals surface area (Å²) >= 11 is 0. The zero-order chi connectivity index (χ0) is 16.3. The molecule has 2 aromatic rings. The summed E-state index contributed by atoms with van der Waals surface area (Å²) in [5, 5.41) is 0. The molecule has 0 unspecified atom stereocenters. The molecule has 2 aromatic carbocycles. The van der Waals surface area contributed by atoms with E-state index in [-0.39, 0.29) is 5.56 Å². The molecule has 0 aliphatic carbocycles. The molecule has 22 heavy (non-hydrogen) atoms. The van der Waals surface area contributed by atoms with Crippen molar-refractivity contribution in [2.24, 2.45) is 0 Å². The van der Waals surface area contributed by atoms with Crippen molar-refractivity contribution < 1.29 is 22.3 Å². The summed E-state index contributed by atoms with van der Waals surface area (Å²) in [6, 6.07) is 10.9. The van der Waals surface area contributed by atoms with Crippen molar-refractivity contribution >= 4 is 15.9 Å². The van der Waals surface area contributed by atoms with E-state index in [4.69, 9.17) is 4.74 Å². The highest BCUT2D eigenvalue weighted by Gasteiger charge is 2.16. The van der Waals surface area contributed by atoms with Crippen molar-refractivity contribution in [3.63, 3.8) is 0 Å². The van der Waals surface area contributed by atoms with Crippen LogP contribution in [-0.2, 0) is 10.0 Å². The fourth-order valence-electron chi connectivity index (χ4n) is 1.89. The lowest BCUT2D eigenvalue weighted by atomic mass is 10.0. The Labute approximate surface area is 127 Å². The van der Waals surface area contributed by atoms with Crippen LogP contribution >= 0.6 is 0 Å². The maximum absolute atomic E-state index is 14.0. The number of hydrogen-bond acceptors (Lipinski definition) is 4. The van der Waals surface area contributed by atoms with E-state index < -0.39 is 21.7 Å². The van der Waals surface area contributed by atoms with Gasteiger partial charge in [0.1, 0.15) is 11.6 Å². The monoisotopic (exact) mass is 323 g/mol. The summed E-state index contributed by atoms with van der Waals surface area (Å²) in [4.78, 5) is 11.7. The van der Waals surface area contributed by atoms with E-state index in [1.165, 1.54) is 12.1 Å². The minimum absolute atomic E-state index is 0.331. The van der Waals surface area contributed by atoms with Gasteiger partial charge >= 0.3 is 0 Å². The second kappa shape index (κ2) is 6.15. The summed E-state index contributed by atoms with van der Waals surface area (Å²) in [5.74, 6) is -1.12. The van der Waals surface area contributed by atoms with Gasteiger partial charge in [-0.1, -0.05) is 18.2 Å². The van der Waals surface area contributed by atoms with Crippen LogP contribution in [0.5, 0.6) is 5.75 Å². The third-order valence-corrected chi connectivity index (χ3v) is 3.47. The fourth-order valence-corrected chi connectivity index (χ4v) is 2.33. The number of carbonyl (C=O) groups excluding carboxylic acids is 1. The number of ether oxygens (including phenoxy) is 1. The van der Waals surface area contributed by atoms with Crippen molar-refractivity contribution in [1.29, 1.82) is 0 Å². The smallest absolute Gasteiger partial charge is 0.267 e. The van der Waals surface area contributed by atoms with Crippen LogP contribution in [0.1, 0.15) is 10.4 Å². The lowest BCUT2D eigenvalue weighted by Gasteiger charge is -2.07. The summed E-state index contributed by atoms with van der Waals surface area (Å²) in [7, 11) is -2.19. The molecule has 2 rings (SSSR count). The van der Waals surface area contributed by atoms with Crippen LogP contribution < -0.4 is 9.46 Å². The Balaban J connectivity index is 2.31. The number of nitrogens with one attached hydrogen (secondary N) is 1. The van der Waals surface area contributed by atoms with Crippen LogP contribution in [-0.4, -0.2) is 27.7 Å². The van der Waals surface area contributed by atoms with Gasteiger partial charge in [0.25, 0.3) is 5.91 Å². The molecule has 0 atom stereocenters. The second-order valence-corrected chi connectivity index (χ2v) is 6.37. The lowest BCUT2D eigenvalue weighted by Crippen LogP contribution is -2.30. The summed E-state index contributed by atoms with van der Waals surface area (Å²) in [6.07, 6.45) is 0.828. The second-order valence-electron chi connectivity index (χ2n) is 4.63. The molecule has 0 spiro atoms. The van der Waals surface area contributed by atoms with Gasteiger partial charge < -0.3 is 4.74 Å². The number of rotatable bonds is 4. The number of halogens is 1. The predicted molar refractivity (Wildman–Crippen MR) is 80.7 cm³/mol. The van der Waals surface area contributed by atoms with E-state index in [1.54, 1.807) is 42.2 Å².